The number of para-hydroxylation sites is 2. The quantitative estimate of drug-likeness (QED) is 0.758. The number of anilines is 1. The van der Waals surface area contributed by atoms with Crippen molar-refractivity contribution in [3.63, 3.8) is 0 Å². The number of benzene rings is 2. The minimum Gasteiger partial charge on any atom is -0.326 e. The van der Waals surface area contributed by atoms with Gasteiger partial charge >= 0.3 is 0 Å². The van der Waals surface area contributed by atoms with Gasteiger partial charge in [-0.2, -0.15) is 0 Å². The number of carbonyl (C=O) groups excluding carboxylic acids is 1. The van der Waals surface area contributed by atoms with Crippen LogP contribution in [0.25, 0.3) is 11.0 Å². The first kappa shape index (κ1) is 15.9. The molecule has 0 aliphatic heterocycles. The van der Waals surface area contributed by atoms with E-state index in [1.165, 1.54) is 5.56 Å². The Bertz CT molecular complexity index is 914. The molecule has 0 atom stereocenters. The molecule has 0 saturated heterocycles. The van der Waals surface area contributed by atoms with E-state index in [1.807, 2.05) is 42.5 Å². The van der Waals surface area contributed by atoms with E-state index in [0.29, 0.717) is 17.6 Å². The molecule has 24 heavy (non-hydrogen) atoms. The third kappa shape index (κ3) is 3.68. The lowest BCUT2D eigenvalue weighted by molar-refractivity contribution is -0.116. The first-order valence-corrected chi connectivity index (χ1v) is 8.02. The number of amides is 1. The van der Waals surface area contributed by atoms with Crippen LogP contribution in [0.2, 0.25) is 0 Å². The van der Waals surface area contributed by atoms with E-state index < -0.39 is 0 Å². The molecule has 0 spiro atoms. The summed E-state index contributed by atoms with van der Waals surface area (Å²) in [5, 5.41) is 2.84. The average molecular weight is 321 g/mol. The summed E-state index contributed by atoms with van der Waals surface area (Å²) in [5.74, 6) is -0.131. The molecular formula is C19H19N3O2. The second kappa shape index (κ2) is 7.08. The molecule has 0 aliphatic rings. The number of nitrogens with one attached hydrogen (secondary N) is 2. The number of fused-ring (bicyclic) bond motifs is 1. The van der Waals surface area contributed by atoms with Gasteiger partial charge in [0.25, 0.3) is 5.56 Å². The number of carbonyl (C=O) groups is 1. The van der Waals surface area contributed by atoms with Crippen LogP contribution in [0.5, 0.6) is 0 Å². The van der Waals surface area contributed by atoms with Gasteiger partial charge in [0.05, 0.1) is 11.0 Å². The molecule has 122 valence electrons. The Balaban J connectivity index is 1.65. The van der Waals surface area contributed by atoms with Crippen LogP contribution < -0.4 is 10.9 Å². The molecule has 0 aliphatic carbocycles. The highest BCUT2D eigenvalue weighted by Crippen LogP contribution is 2.11. The number of hydrogen-bond donors (Lipinski definition) is 2. The molecule has 0 bridgehead atoms. The highest BCUT2D eigenvalue weighted by Gasteiger charge is 2.08. The van der Waals surface area contributed by atoms with Crippen LogP contribution >= 0.6 is 0 Å². The summed E-state index contributed by atoms with van der Waals surface area (Å²) in [6.45, 7) is 2.08. The fourth-order valence-corrected chi connectivity index (χ4v) is 2.52. The van der Waals surface area contributed by atoms with Gasteiger partial charge < -0.3 is 10.3 Å². The Hall–Kier alpha value is -2.95. The van der Waals surface area contributed by atoms with Crippen molar-refractivity contribution in [3.05, 3.63) is 70.1 Å². The van der Waals surface area contributed by atoms with Crippen molar-refractivity contribution in [1.29, 1.82) is 0 Å². The van der Waals surface area contributed by atoms with E-state index in [-0.39, 0.29) is 17.9 Å². The Kier molecular flexibility index (Phi) is 4.70. The zero-order valence-electron chi connectivity index (χ0n) is 13.5. The molecule has 0 saturated carbocycles. The van der Waals surface area contributed by atoms with Crippen molar-refractivity contribution >= 4 is 22.6 Å². The van der Waals surface area contributed by atoms with Gasteiger partial charge in [-0.25, -0.2) is 4.98 Å². The lowest BCUT2D eigenvalue weighted by Crippen LogP contribution is -2.19. The third-order valence-corrected chi connectivity index (χ3v) is 3.90. The van der Waals surface area contributed by atoms with Gasteiger partial charge in [-0.3, -0.25) is 9.59 Å². The van der Waals surface area contributed by atoms with E-state index in [9.17, 15) is 9.59 Å². The van der Waals surface area contributed by atoms with E-state index in [0.717, 1.165) is 17.6 Å². The maximum Gasteiger partial charge on any atom is 0.270 e. The second-order valence-corrected chi connectivity index (χ2v) is 5.63. The predicted octanol–water partition coefficient (Wildman–Crippen LogP) is 3.06. The topological polar surface area (TPSA) is 74.8 Å². The SMILES string of the molecule is CCc1ccc(NC(=O)CCc2nc3ccccc3[nH]c2=O)cc1. The van der Waals surface area contributed by atoms with E-state index in [4.69, 9.17) is 0 Å². The highest BCUT2D eigenvalue weighted by atomic mass is 16.1. The molecule has 0 radical (unpaired) electrons. The summed E-state index contributed by atoms with van der Waals surface area (Å²) in [6.07, 6.45) is 1.48. The zero-order chi connectivity index (χ0) is 16.9. The minimum atomic E-state index is -0.242. The summed E-state index contributed by atoms with van der Waals surface area (Å²) in [7, 11) is 0. The summed E-state index contributed by atoms with van der Waals surface area (Å²) < 4.78 is 0. The third-order valence-electron chi connectivity index (χ3n) is 3.90. The minimum absolute atomic E-state index is 0.131. The smallest absolute Gasteiger partial charge is 0.270 e. The standard InChI is InChI=1S/C19H19N3O2/c1-2-13-7-9-14(10-8-13)20-18(23)12-11-17-19(24)22-16-6-4-3-5-15(16)21-17/h3-10H,2,11-12H2,1H3,(H,20,23)(H,22,24). The second-order valence-electron chi connectivity index (χ2n) is 5.63. The fraction of sp³-hybridized carbons (Fsp3) is 0.211. The number of aromatic nitrogens is 2. The van der Waals surface area contributed by atoms with Crippen molar-refractivity contribution < 1.29 is 4.79 Å². The maximum atomic E-state index is 12.1. The monoisotopic (exact) mass is 321 g/mol. The van der Waals surface area contributed by atoms with E-state index >= 15 is 0 Å². The number of nitrogens with zero attached hydrogens (tertiary/aromatic N) is 1. The predicted molar refractivity (Wildman–Crippen MR) is 95.1 cm³/mol. The van der Waals surface area contributed by atoms with Gasteiger partial charge in [-0.1, -0.05) is 31.2 Å². The molecule has 1 heterocycles. The lowest BCUT2D eigenvalue weighted by Gasteiger charge is -2.06. The van der Waals surface area contributed by atoms with Crippen LogP contribution in [0, 0.1) is 0 Å². The molecule has 1 amide bonds. The average Bonchev–Trinajstić information content (AvgIpc) is 2.60. The largest absolute Gasteiger partial charge is 0.326 e. The molecule has 5 heteroatoms. The van der Waals surface area contributed by atoms with Crippen LogP contribution in [-0.4, -0.2) is 15.9 Å². The normalized spacial score (nSPS) is 10.7. The Labute approximate surface area is 139 Å². The Morgan fingerprint density at radius 2 is 1.88 bits per heavy atom. The highest BCUT2D eigenvalue weighted by molar-refractivity contribution is 5.90. The zero-order valence-corrected chi connectivity index (χ0v) is 13.5. The number of aromatic amines is 1. The first-order valence-electron chi connectivity index (χ1n) is 8.02. The molecule has 1 aromatic heterocycles. The molecular weight excluding hydrogens is 302 g/mol. The molecule has 5 nitrogen and oxygen atoms in total. The summed E-state index contributed by atoms with van der Waals surface area (Å²) >= 11 is 0. The van der Waals surface area contributed by atoms with E-state index in [1.54, 1.807) is 6.07 Å². The van der Waals surface area contributed by atoms with Crippen LogP contribution in [0.3, 0.4) is 0 Å². The molecule has 2 N–H and O–H groups in total. The van der Waals surface area contributed by atoms with Crippen molar-refractivity contribution in [3.8, 4) is 0 Å². The van der Waals surface area contributed by atoms with Crippen LogP contribution in [0.15, 0.2) is 53.3 Å². The number of hydrogen-bond acceptors (Lipinski definition) is 3. The van der Waals surface area contributed by atoms with Crippen molar-refractivity contribution in [2.24, 2.45) is 0 Å². The molecule has 3 aromatic rings. The molecule has 0 unspecified atom stereocenters. The number of H-pyrrole nitrogens is 1. The van der Waals surface area contributed by atoms with Crippen LogP contribution in [0.4, 0.5) is 5.69 Å². The number of aryl methyl sites for hydroxylation is 2. The van der Waals surface area contributed by atoms with E-state index in [2.05, 4.69) is 22.2 Å². The molecule has 0 fully saturated rings. The molecule has 2 aromatic carbocycles. The van der Waals surface area contributed by atoms with Crippen LogP contribution in [-0.2, 0) is 17.6 Å². The molecule has 3 rings (SSSR count). The van der Waals surface area contributed by atoms with Gasteiger partial charge in [0.1, 0.15) is 5.69 Å². The van der Waals surface area contributed by atoms with Crippen LogP contribution in [0.1, 0.15) is 24.6 Å². The van der Waals surface area contributed by atoms with Gasteiger partial charge in [-0.05, 0) is 36.2 Å². The fourth-order valence-electron chi connectivity index (χ4n) is 2.52. The summed E-state index contributed by atoms with van der Waals surface area (Å²) in [6, 6.07) is 15.1. The van der Waals surface area contributed by atoms with Gasteiger partial charge in [0, 0.05) is 18.5 Å². The van der Waals surface area contributed by atoms with Gasteiger partial charge in [0.15, 0.2) is 0 Å². The first-order chi connectivity index (χ1) is 11.7. The Morgan fingerprint density at radius 1 is 1.12 bits per heavy atom. The summed E-state index contributed by atoms with van der Waals surface area (Å²) in [4.78, 5) is 31.2. The maximum absolute atomic E-state index is 12.1. The van der Waals surface area contributed by atoms with Gasteiger partial charge in [0.2, 0.25) is 5.91 Å². The number of rotatable bonds is 5. The lowest BCUT2D eigenvalue weighted by atomic mass is 10.1. The Morgan fingerprint density at radius 3 is 2.62 bits per heavy atom. The summed E-state index contributed by atoms with van der Waals surface area (Å²) in [5.41, 5.74) is 3.55. The van der Waals surface area contributed by atoms with Crippen molar-refractivity contribution in [2.75, 3.05) is 5.32 Å². The van der Waals surface area contributed by atoms with Crippen molar-refractivity contribution in [2.45, 2.75) is 26.2 Å². The van der Waals surface area contributed by atoms with Crippen molar-refractivity contribution in [1.82, 2.24) is 9.97 Å². The van der Waals surface area contributed by atoms with Gasteiger partial charge in [-0.15, -0.1) is 0 Å².